The Hall–Kier alpha value is 0. The van der Waals surface area contributed by atoms with Crippen molar-refractivity contribution in [1.82, 2.24) is 0 Å². The largest absolute Gasteiger partial charge is 0.0651 e. The highest BCUT2D eigenvalue weighted by Gasteiger charge is 2.28. The topological polar surface area (TPSA) is 0 Å². The van der Waals surface area contributed by atoms with Crippen molar-refractivity contribution in [3.05, 3.63) is 0 Å². The molecule has 102 valence electrons. The monoisotopic (exact) mass is 238 g/mol. The minimum atomic E-state index is 0.879. The lowest BCUT2D eigenvalue weighted by atomic mass is 9.70. The number of hydrogen-bond acceptors (Lipinski definition) is 0. The summed E-state index contributed by atoms with van der Waals surface area (Å²) in [7, 11) is 0. The summed E-state index contributed by atoms with van der Waals surface area (Å²) >= 11 is 0. The lowest BCUT2D eigenvalue weighted by Crippen LogP contribution is -2.26. The molecular weight excluding hydrogens is 204 g/mol. The van der Waals surface area contributed by atoms with Gasteiger partial charge in [-0.1, -0.05) is 73.1 Å². The summed E-state index contributed by atoms with van der Waals surface area (Å²) in [4.78, 5) is 0. The van der Waals surface area contributed by atoms with Crippen LogP contribution < -0.4 is 0 Å². The molecule has 1 rings (SSSR count). The molecule has 1 aliphatic carbocycles. The van der Waals surface area contributed by atoms with E-state index in [0.717, 1.165) is 29.6 Å². The van der Waals surface area contributed by atoms with E-state index in [9.17, 15) is 0 Å². The van der Waals surface area contributed by atoms with E-state index in [4.69, 9.17) is 0 Å². The maximum absolute atomic E-state index is 2.48. The molecule has 0 aliphatic heterocycles. The summed E-state index contributed by atoms with van der Waals surface area (Å²) in [5.41, 5.74) is 0. The summed E-state index contributed by atoms with van der Waals surface area (Å²) in [5.74, 6) is 4.72. The van der Waals surface area contributed by atoms with Gasteiger partial charge in [0.25, 0.3) is 0 Å². The first-order valence-electron chi connectivity index (χ1n) is 8.06. The Bertz CT molecular complexity index is 188. The molecule has 0 saturated heterocycles. The van der Waals surface area contributed by atoms with Crippen LogP contribution in [0.4, 0.5) is 0 Å². The van der Waals surface area contributed by atoms with Crippen molar-refractivity contribution in [2.24, 2.45) is 29.6 Å². The fourth-order valence-electron chi connectivity index (χ4n) is 3.64. The Labute approximate surface area is 110 Å². The zero-order valence-electron chi connectivity index (χ0n) is 12.8. The molecule has 0 aromatic heterocycles. The van der Waals surface area contributed by atoms with Gasteiger partial charge in [-0.15, -0.1) is 0 Å². The van der Waals surface area contributed by atoms with Crippen LogP contribution in [0.25, 0.3) is 0 Å². The Morgan fingerprint density at radius 2 is 1.47 bits per heavy atom. The minimum Gasteiger partial charge on any atom is -0.0651 e. The number of hydrogen-bond donors (Lipinski definition) is 0. The molecule has 0 N–H and O–H groups in total. The van der Waals surface area contributed by atoms with Crippen LogP contribution in [0.15, 0.2) is 0 Å². The van der Waals surface area contributed by atoms with Gasteiger partial charge in [-0.2, -0.15) is 0 Å². The molecule has 1 fully saturated rings. The SMILES string of the molecule is CC[C@@H](C)C(C)C[C@H](C(C)C)C1CCCCC1. The molecule has 0 heteroatoms. The fourth-order valence-corrected chi connectivity index (χ4v) is 3.64. The molecular formula is C17H34. The smallest absolute Gasteiger partial charge is 0.0360 e. The number of rotatable bonds is 6. The third kappa shape index (κ3) is 4.64. The molecule has 0 aromatic rings. The van der Waals surface area contributed by atoms with Gasteiger partial charge in [0.05, 0.1) is 0 Å². The van der Waals surface area contributed by atoms with Crippen LogP contribution in [0.5, 0.6) is 0 Å². The first kappa shape index (κ1) is 15.1. The molecule has 17 heavy (non-hydrogen) atoms. The van der Waals surface area contributed by atoms with Crippen LogP contribution in [0.1, 0.15) is 79.6 Å². The van der Waals surface area contributed by atoms with Crippen molar-refractivity contribution in [1.29, 1.82) is 0 Å². The van der Waals surface area contributed by atoms with Gasteiger partial charge in [-0.3, -0.25) is 0 Å². The molecule has 0 bridgehead atoms. The zero-order chi connectivity index (χ0) is 12.8. The minimum absolute atomic E-state index is 0.879. The molecule has 3 atom stereocenters. The van der Waals surface area contributed by atoms with Crippen LogP contribution in [0, 0.1) is 29.6 Å². The van der Waals surface area contributed by atoms with E-state index in [2.05, 4.69) is 34.6 Å². The fraction of sp³-hybridized carbons (Fsp3) is 1.00. The third-order valence-corrected chi connectivity index (χ3v) is 5.37. The summed E-state index contributed by atoms with van der Waals surface area (Å²) in [6, 6.07) is 0. The third-order valence-electron chi connectivity index (χ3n) is 5.37. The standard InChI is InChI=1S/C17H34/c1-6-14(4)15(5)12-17(13(2)3)16-10-8-7-9-11-16/h13-17H,6-12H2,1-5H3/t14-,15?,17-/m1/s1. The Kier molecular flexibility index (Phi) is 6.59. The van der Waals surface area contributed by atoms with Crippen molar-refractivity contribution in [2.75, 3.05) is 0 Å². The van der Waals surface area contributed by atoms with E-state index >= 15 is 0 Å². The molecule has 0 amide bonds. The normalized spacial score (nSPS) is 23.6. The van der Waals surface area contributed by atoms with E-state index in [1.54, 1.807) is 0 Å². The van der Waals surface area contributed by atoms with Gasteiger partial charge in [-0.25, -0.2) is 0 Å². The van der Waals surface area contributed by atoms with Gasteiger partial charge in [0, 0.05) is 0 Å². The predicted molar refractivity (Wildman–Crippen MR) is 78.1 cm³/mol. The van der Waals surface area contributed by atoms with E-state index in [0.29, 0.717) is 0 Å². The molecule has 0 aromatic carbocycles. The van der Waals surface area contributed by atoms with Gasteiger partial charge in [0.15, 0.2) is 0 Å². The molecule has 0 nitrogen and oxygen atoms in total. The highest BCUT2D eigenvalue weighted by atomic mass is 14.3. The van der Waals surface area contributed by atoms with Crippen LogP contribution in [-0.2, 0) is 0 Å². The second-order valence-electron chi connectivity index (χ2n) is 6.90. The highest BCUT2D eigenvalue weighted by Crippen LogP contribution is 2.38. The van der Waals surface area contributed by atoms with Gasteiger partial charge >= 0.3 is 0 Å². The average Bonchev–Trinajstić information content (AvgIpc) is 2.35. The Balaban J connectivity index is 2.52. The van der Waals surface area contributed by atoms with Crippen LogP contribution >= 0.6 is 0 Å². The Morgan fingerprint density at radius 1 is 0.882 bits per heavy atom. The van der Waals surface area contributed by atoms with Crippen molar-refractivity contribution in [3.63, 3.8) is 0 Å². The first-order valence-corrected chi connectivity index (χ1v) is 8.06. The maximum atomic E-state index is 2.48. The van der Waals surface area contributed by atoms with Crippen LogP contribution in [-0.4, -0.2) is 0 Å². The average molecular weight is 238 g/mol. The summed E-state index contributed by atoms with van der Waals surface area (Å²) in [6.45, 7) is 12.1. The van der Waals surface area contributed by atoms with Crippen LogP contribution in [0.3, 0.4) is 0 Å². The zero-order valence-corrected chi connectivity index (χ0v) is 12.8. The van der Waals surface area contributed by atoms with Crippen molar-refractivity contribution >= 4 is 0 Å². The van der Waals surface area contributed by atoms with Crippen molar-refractivity contribution in [3.8, 4) is 0 Å². The molecule has 0 spiro atoms. The maximum Gasteiger partial charge on any atom is -0.0360 e. The van der Waals surface area contributed by atoms with E-state index in [-0.39, 0.29) is 0 Å². The highest BCUT2D eigenvalue weighted by molar-refractivity contribution is 4.78. The van der Waals surface area contributed by atoms with Crippen LogP contribution in [0.2, 0.25) is 0 Å². The molecule has 1 unspecified atom stereocenters. The van der Waals surface area contributed by atoms with Crippen molar-refractivity contribution in [2.45, 2.75) is 79.6 Å². The lowest BCUT2D eigenvalue weighted by molar-refractivity contribution is 0.148. The van der Waals surface area contributed by atoms with E-state index in [1.807, 2.05) is 0 Å². The first-order chi connectivity index (χ1) is 8.06. The molecule has 1 aliphatic rings. The molecule has 0 radical (unpaired) electrons. The van der Waals surface area contributed by atoms with Gasteiger partial charge < -0.3 is 0 Å². The predicted octanol–water partition coefficient (Wildman–Crippen LogP) is 5.91. The molecule has 1 saturated carbocycles. The lowest BCUT2D eigenvalue weighted by Gasteiger charge is -2.36. The van der Waals surface area contributed by atoms with Gasteiger partial charge in [-0.05, 0) is 36.0 Å². The summed E-state index contributed by atoms with van der Waals surface area (Å²) < 4.78 is 0. The Morgan fingerprint density at radius 3 is 1.94 bits per heavy atom. The van der Waals surface area contributed by atoms with Gasteiger partial charge in [0.2, 0.25) is 0 Å². The second-order valence-corrected chi connectivity index (χ2v) is 6.90. The summed E-state index contributed by atoms with van der Waals surface area (Å²) in [5, 5.41) is 0. The van der Waals surface area contributed by atoms with E-state index in [1.165, 1.54) is 44.9 Å². The quantitative estimate of drug-likeness (QED) is 0.539. The molecule has 0 heterocycles. The summed E-state index contributed by atoms with van der Waals surface area (Å²) in [6.07, 6.45) is 10.3. The van der Waals surface area contributed by atoms with Gasteiger partial charge in [0.1, 0.15) is 0 Å². The van der Waals surface area contributed by atoms with Crippen molar-refractivity contribution < 1.29 is 0 Å². The second kappa shape index (κ2) is 7.44. The van der Waals surface area contributed by atoms with E-state index < -0.39 is 0 Å².